The first-order valence-corrected chi connectivity index (χ1v) is 18.2. The number of imide groups is 2. The molecule has 0 aromatic heterocycles. The third kappa shape index (κ3) is 5.32. The van der Waals surface area contributed by atoms with Gasteiger partial charge in [0.25, 0.3) is 11.8 Å². The Bertz CT molecular complexity index is 2370. The summed E-state index contributed by atoms with van der Waals surface area (Å²) in [7, 11) is -1.82. The number of phenols is 1. The van der Waals surface area contributed by atoms with Crippen LogP contribution in [-0.2, 0) is 31.0 Å². The number of anilines is 2. The number of hydrogen-bond donors (Lipinski definition) is 4. The Hall–Kier alpha value is -5.76. The van der Waals surface area contributed by atoms with E-state index in [9.17, 15) is 33.9 Å². The number of carbonyl (C=O) groups excluding carboxylic acids is 4. The fourth-order valence-corrected chi connectivity index (χ4v) is 9.68. The highest BCUT2D eigenvalue weighted by Gasteiger charge is 2.70. The number of aromatic hydroxyl groups is 1. The first kappa shape index (κ1) is 35.0. The second-order valence-electron chi connectivity index (χ2n) is 14.6. The molecule has 4 aromatic carbocycles. The van der Waals surface area contributed by atoms with Gasteiger partial charge in [-0.25, -0.2) is 4.39 Å². The topological polar surface area (TPSA) is 157 Å². The van der Waals surface area contributed by atoms with Crippen molar-refractivity contribution in [3.63, 3.8) is 0 Å². The van der Waals surface area contributed by atoms with Gasteiger partial charge in [-0.2, -0.15) is 5.01 Å². The second-order valence-corrected chi connectivity index (χ2v) is 15.1. The first-order valence-electron chi connectivity index (χ1n) is 17.9. The second kappa shape index (κ2) is 12.9. The normalized spacial score (nSPS) is 26.7. The molecule has 276 valence electrons. The highest BCUT2D eigenvalue weighted by atomic mass is 35.5. The summed E-state index contributed by atoms with van der Waals surface area (Å²) in [5, 5.41) is 31.5. The van der Waals surface area contributed by atoms with Crippen LogP contribution in [0.2, 0.25) is 5.02 Å². The van der Waals surface area contributed by atoms with Crippen molar-refractivity contribution >= 4 is 59.2 Å². The Morgan fingerprint density at radius 1 is 0.891 bits per heavy atom. The molecule has 1 saturated carbocycles. The van der Waals surface area contributed by atoms with Crippen molar-refractivity contribution in [3.05, 3.63) is 136 Å². The summed E-state index contributed by atoms with van der Waals surface area (Å²) in [5.74, 6) is -6.31. The fourth-order valence-electron chi connectivity index (χ4n) is 9.55. The lowest BCUT2D eigenvalue weighted by Gasteiger charge is -2.51. The molecule has 0 spiro atoms. The quantitative estimate of drug-likeness (QED) is 0.127. The zero-order chi connectivity index (χ0) is 38.3. The number of hydrazine groups is 1. The van der Waals surface area contributed by atoms with Gasteiger partial charge >= 0.3 is 7.12 Å². The van der Waals surface area contributed by atoms with Crippen LogP contribution in [0.3, 0.4) is 0 Å². The van der Waals surface area contributed by atoms with Crippen LogP contribution in [0.25, 0.3) is 0 Å². The monoisotopic (exact) mass is 759 g/mol. The Labute approximate surface area is 319 Å². The molecule has 5 aliphatic rings. The van der Waals surface area contributed by atoms with Crippen molar-refractivity contribution in [3.8, 4) is 11.5 Å². The van der Waals surface area contributed by atoms with Gasteiger partial charge in [-0.1, -0.05) is 47.5 Å². The summed E-state index contributed by atoms with van der Waals surface area (Å²) >= 11 is 6.38. The molecule has 0 unspecified atom stereocenters. The standard InChI is InChI=1S/C41H32BClFN3O8/c43-25-6-4-23(5-7-25)41-33(38(50)47(40(41)52)45-27-10-8-26(44)9-11-27)19-32-30(36(41)22-16-21-17-29(48)12-15-34(21)55-20-22)13-14-31-35(32)39(51)46(37(31)49)28-3-1-2-24(18-28)42(53)54/h1-13,15,17-18,20,31-33,35-36,45,48,53-54H,14,16,19H2/t31-,32+,33-,35-,36-,41+/m0/s1. The van der Waals surface area contributed by atoms with Crippen LogP contribution in [0.5, 0.6) is 11.5 Å². The van der Waals surface area contributed by atoms with E-state index in [2.05, 4.69) is 5.43 Å². The summed E-state index contributed by atoms with van der Waals surface area (Å²) in [4.78, 5) is 60.0. The maximum absolute atomic E-state index is 15.4. The maximum atomic E-state index is 15.4. The Kier molecular flexibility index (Phi) is 8.23. The van der Waals surface area contributed by atoms with Gasteiger partial charge in [0.05, 0.1) is 40.8 Å². The number of hydrogen-bond acceptors (Lipinski definition) is 9. The largest absolute Gasteiger partial charge is 0.508 e. The number of fused-ring (bicyclic) bond motifs is 5. The van der Waals surface area contributed by atoms with Crippen molar-refractivity contribution in [2.45, 2.75) is 24.7 Å². The van der Waals surface area contributed by atoms with Crippen molar-refractivity contribution in [2.24, 2.45) is 29.6 Å². The highest BCUT2D eigenvalue weighted by Crippen LogP contribution is 2.63. The Morgan fingerprint density at radius 2 is 1.65 bits per heavy atom. The number of amides is 4. The molecule has 0 radical (unpaired) electrons. The molecule has 55 heavy (non-hydrogen) atoms. The van der Waals surface area contributed by atoms with Gasteiger partial charge in [0.15, 0.2) is 0 Å². The van der Waals surface area contributed by atoms with Crippen LogP contribution < -0.4 is 20.5 Å². The van der Waals surface area contributed by atoms with Crippen molar-refractivity contribution < 1.29 is 43.5 Å². The van der Waals surface area contributed by atoms with Crippen molar-refractivity contribution in [1.29, 1.82) is 0 Å². The minimum absolute atomic E-state index is 0.0184. The average Bonchev–Trinajstić information content (AvgIpc) is 3.56. The van der Waals surface area contributed by atoms with E-state index < -0.39 is 71.6 Å². The van der Waals surface area contributed by atoms with Gasteiger partial charge < -0.3 is 19.9 Å². The predicted molar refractivity (Wildman–Crippen MR) is 199 cm³/mol. The number of ether oxygens (including phenoxy) is 1. The number of nitrogens with zero attached hydrogens (tertiary/aromatic N) is 2. The lowest BCUT2D eigenvalue weighted by Crippen LogP contribution is -2.55. The van der Waals surface area contributed by atoms with Crippen LogP contribution in [-0.4, -0.2) is 50.9 Å². The molecule has 3 heterocycles. The number of nitrogens with one attached hydrogen (secondary N) is 1. The SMILES string of the molecule is O=C1[C@@H]2C[C@@H]3C(=CC[C@@H]4C(=O)N(c5cccc(B(O)O)c5)C(=O)[C@@H]43)[C@H](C3=COc4ccc(O)cc4C3)[C@]2(c2ccc(Cl)cc2)C(=O)N1Nc1ccc(F)cc1. The van der Waals surface area contributed by atoms with Crippen LogP contribution >= 0.6 is 11.6 Å². The molecule has 0 bridgehead atoms. The molecule has 4 amide bonds. The molecule has 4 aromatic rings. The molecule has 9 rings (SSSR count). The molecular formula is C41H32BClFN3O8. The van der Waals surface area contributed by atoms with Crippen LogP contribution in [0.15, 0.2) is 114 Å². The summed E-state index contributed by atoms with van der Waals surface area (Å²) < 4.78 is 20.1. The molecule has 3 fully saturated rings. The molecule has 4 N–H and O–H groups in total. The van der Waals surface area contributed by atoms with Gasteiger partial charge in [-0.05, 0) is 102 Å². The van der Waals surface area contributed by atoms with E-state index in [0.717, 1.165) is 9.91 Å². The third-order valence-electron chi connectivity index (χ3n) is 11.8. The van der Waals surface area contributed by atoms with Gasteiger partial charge in [-0.15, -0.1) is 0 Å². The van der Waals surface area contributed by atoms with E-state index in [1.54, 1.807) is 48.7 Å². The van der Waals surface area contributed by atoms with Gasteiger partial charge in [-0.3, -0.25) is 29.5 Å². The fraction of sp³-hybridized carbons (Fsp3) is 0.220. The van der Waals surface area contributed by atoms with Gasteiger partial charge in [0, 0.05) is 22.9 Å². The van der Waals surface area contributed by atoms with Crippen LogP contribution in [0.4, 0.5) is 15.8 Å². The lowest BCUT2D eigenvalue weighted by atomic mass is 9.48. The molecule has 2 aliphatic carbocycles. The smallest absolute Gasteiger partial charge is 0.488 e. The van der Waals surface area contributed by atoms with E-state index in [4.69, 9.17) is 16.3 Å². The minimum Gasteiger partial charge on any atom is -0.508 e. The molecular weight excluding hydrogens is 728 g/mol. The van der Waals surface area contributed by atoms with Gasteiger partial charge in [0.2, 0.25) is 11.8 Å². The number of benzene rings is 4. The summed E-state index contributed by atoms with van der Waals surface area (Å²) in [6.07, 6.45) is 3.92. The van der Waals surface area contributed by atoms with E-state index in [0.29, 0.717) is 38.7 Å². The number of halogens is 2. The highest BCUT2D eigenvalue weighted by molar-refractivity contribution is 6.58. The van der Waals surface area contributed by atoms with Crippen molar-refractivity contribution in [2.75, 3.05) is 10.3 Å². The van der Waals surface area contributed by atoms with Gasteiger partial charge in [0.1, 0.15) is 17.3 Å². The number of allylic oxidation sites excluding steroid dienone is 3. The zero-order valence-corrected chi connectivity index (χ0v) is 29.7. The summed E-state index contributed by atoms with van der Waals surface area (Å²) in [6, 6.07) is 22.7. The number of carbonyl (C=O) groups is 4. The third-order valence-corrected chi connectivity index (χ3v) is 12.1. The van der Waals surface area contributed by atoms with E-state index in [1.165, 1.54) is 48.5 Å². The summed E-state index contributed by atoms with van der Waals surface area (Å²) in [5.41, 5.74) is 4.43. The van der Waals surface area contributed by atoms with Crippen molar-refractivity contribution in [1.82, 2.24) is 5.01 Å². The Morgan fingerprint density at radius 3 is 2.40 bits per heavy atom. The number of rotatable bonds is 6. The maximum Gasteiger partial charge on any atom is 0.488 e. The number of phenolic OH excluding ortho intramolecular Hbond substituents is 1. The average molecular weight is 760 g/mol. The summed E-state index contributed by atoms with van der Waals surface area (Å²) in [6.45, 7) is 0. The van der Waals surface area contributed by atoms with Crippen LogP contribution in [0, 0.1) is 35.4 Å². The first-order chi connectivity index (χ1) is 26.5. The molecule has 11 nitrogen and oxygen atoms in total. The predicted octanol–water partition coefficient (Wildman–Crippen LogP) is 4.41. The van der Waals surface area contributed by atoms with E-state index in [1.807, 2.05) is 6.08 Å². The van der Waals surface area contributed by atoms with E-state index in [-0.39, 0.29) is 36.2 Å². The molecule has 6 atom stereocenters. The minimum atomic E-state index is -1.82. The lowest BCUT2D eigenvalue weighted by molar-refractivity contribution is -0.139. The molecule has 14 heteroatoms. The zero-order valence-electron chi connectivity index (χ0n) is 28.9. The van der Waals surface area contributed by atoms with Crippen LogP contribution in [0.1, 0.15) is 24.0 Å². The molecule has 2 saturated heterocycles. The molecule has 3 aliphatic heterocycles. The Balaban J connectivity index is 1.22. The van der Waals surface area contributed by atoms with E-state index >= 15 is 4.79 Å².